The van der Waals surface area contributed by atoms with Crippen molar-refractivity contribution < 1.29 is 4.79 Å². The fourth-order valence-corrected chi connectivity index (χ4v) is 4.37. The van der Waals surface area contributed by atoms with Gasteiger partial charge in [0.25, 0.3) is 0 Å². The van der Waals surface area contributed by atoms with E-state index in [-0.39, 0.29) is 11.9 Å². The molecule has 1 aromatic carbocycles. The molecule has 1 aliphatic heterocycles. The SMILES string of the molecule is O=C(Cc1csc(-c2cccnc2)n1)NC(CN1CCCC1)c1ccccc1. The summed E-state index contributed by atoms with van der Waals surface area (Å²) in [4.78, 5) is 23.9. The Balaban J connectivity index is 1.42. The molecule has 3 aromatic rings. The quantitative estimate of drug-likeness (QED) is 0.666. The van der Waals surface area contributed by atoms with Crippen LogP contribution >= 0.6 is 11.3 Å². The zero-order valence-electron chi connectivity index (χ0n) is 15.8. The largest absolute Gasteiger partial charge is 0.348 e. The zero-order chi connectivity index (χ0) is 19.2. The van der Waals surface area contributed by atoms with Crippen molar-refractivity contribution in [2.24, 2.45) is 0 Å². The molecule has 0 aliphatic carbocycles. The van der Waals surface area contributed by atoms with Gasteiger partial charge in [-0.25, -0.2) is 4.98 Å². The Morgan fingerprint density at radius 2 is 1.96 bits per heavy atom. The molecule has 4 rings (SSSR count). The third-order valence-corrected chi connectivity index (χ3v) is 5.92. The number of amides is 1. The highest BCUT2D eigenvalue weighted by atomic mass is 32.1. The van der Waals surface area contributed by atoms with Crippen LogP contribution in [0.1, 0.15) is 30.1 Å². The first-order valence-corrected chi connectivity index (χ1v) is 10.6. The lowest BCUT2D eigenvalue weighted by atomic mass is 10.1. The van der Waals surface area contributed by atoms with Crippen LogP contribution in [0.3, 0.4) is 0 Å². The van der Waals surface area contributed by atoms with Gasteiger partial charge in [-0.2, -0.15) is 0 Å². The fraction of sp³-hybridized carbons (Fsp3) is 0.318. The second-order valence-electron chi connectivity index (χ2n) is 7.10. The van der Waals surface area contributed by atoms with Crippen LogP contribution in [0.2, 0.25) is 0 Å². The molecule has 0 saturated carbocycles. The summed E-state index contributed by atoms with van der Waals surface area (Å²) in [5, 5.41) is 6.08. The topological polar surface area (TPSA) is 58.1 Å². The van der Waals surface area contributed by atoms with Crippen molar-refractivity contribution in [3.63, 3.8) is 0 Å². The number of carbonyl (C=O) groups excluding carboxylic acids is 1. The van der Waals surface area contributed by atoms with Crippen molar-refractivity contribution in [1.82, 2.24) is 20.2 Å². The number of aromatic nitrogens is 2. The predicted molar refractivity (Wildman–Crippen MR) is 112 cm³/mol. The van der Waals surface area contributed by atoms with Crippen LogP contribution in [-0.2, 0) is 11.2 Å². The minimum atomic E-state index is 0.00299. The van der Waals surface area contributed by atoms with Gasteiger partial charge in [0.15, 0.2) is 0 Å². The summed E-state index contributed by atoms with van der Waals surface area (Å²) in [6.07, 6.45) is 6.32. The zero-order valence-corrected chi connectivity index (χ0v) is 16.6. The summed E-state index contributed by atoms with van der Waals surface area (Å²) in [6.45, 7) is 3.08. The highest BCUT2D eigenvalue weighted by Gasteiger charge is 2.21. The Hall–Kier alpha value is -2.57. The molecular formula is C22H24N4OS. The van der Waals surface area contributed by atoms with E-state index in [2.05, 4.69) is 32.3 Å². The number of hydrogen-bond acceptors (Lipinski definition) is 5. The van der Waals surface area contributed by atoms with Crippen LogP contribution in [0.5, 0.6) is 0 Å². The number of hydrogen-bond donors (Lipinski definition) is 1. The van der Waals surface area contributed by atoms with Crippen LogP contribution in [0.25, 0.3) is 10.6 Å². The summed E-state index contributed by atoms with van der Waals surface area (Å²) < 4.78 is 0. The number of carbonyl (C=O) groups is 1. The standard InChI is InChI=1S/C22H24N4OS/c27-21(13-19-16-28-22(24-19)18-9-6-10-23-14-18)25-20(15-26-11-4-5-12-26)17-7-2-1-3-8-17/h1-3,6-10,14,16,20H,4-5,11-13,15H2,(H,25,27). The van der Waals surface area contributed by atoms with Crippen LogP contribution in [0.15, 0.2) is 60.2 Å². The molecule has 0 bridgehead atoms. The van der Waals surface area contributed by atoms with Crippen molar-refractivity contribution in [3.05, 3.63) is 71.5 Å². The van der Waals surface area contributed by atoms with Gasteiger partial charge in [0.2, 0.25) is 5.91 Å². The molecule has 6 heteroatoms. The molecule has 1 fully saturated rings. The molecule has 1 amide bonds. The maximum absolute atomic E-state index is 12.7. The number of likely N-dealkylation sites (tertiary alicyclic amines) is 1. The molecule has 1 atom stereocenters. The molecule has 1 aliphatic rings. The van der Waals surface area contributed by atoms with E-state index in [0.29, 0.717) is 6.42 Å². The Morgan fingerprint density at radius 1 is 1.14 bits per heavy atom. The highest BCUT2D eigenvalue weighted by Crippen LogP contribution is 2.23. The van der Waals surface area contributed by atoms with Crippen molar-refractivity contribution in [1.29, 1.82) is 0 Å². The molecular weight excluding hydrogens is 368 g/mol. The van der Waals surface area contributed by atoms with Gasteiger partial charge in [-0.15, -0.1) is 11.3 Å². The van der Waals surface area contributed by atoms with Crippen molar-refractivity contribution in [2.45, 2.75) is 25.3 Å². The molecule has 1 unspecified atom stereocenters. The minimum absolute atomic E-state index is 0.00299. The Labute approximate surface area is 169 Å². The number of nitrogens with one attached hydrogen (secondary N) is 1. The number of thiazole rings is 1. The van der Waals surface area contributed by atoms with Crippen LogP contribution in [-0.4, -0.2) is 40.4 Å². The molecule has 1 saturated heterocycles. The summed E-state index contributed by atoms with van der Waals surface area (Å²) in [6, 6.07) is 14.1. The Bertz CT molecular complexity index is 891. The van der Waals surface area contributed by atoms with Gasteiger partial charge in [0, 0.05) is 29.9 Å². The van der Waals surface area contributed by atoms with E-state index in [1.807, 2.05) is 35.7 Å². The maximum Gasteiger partial charge on any atom is 0.226 e. The van der Waals surface area contributed by atoms with Gasteiger partial charge in [-0.1, -0.05) is 30.3 Å². The lowest BCUT2D eigenvalue weighted by molar-refractivity contribution is -0.121. The Morgan fingerprint density at radius 3 is 2.71 bits per heavy atom. The van der Waals surface area contributed by atoms with Gasteiger partial charge >= 0.3 is 0 Å². The Kier molecular flexibility index (Phi) is 6.09. The van der Waals surface area contributed by atoms with E-state index in [9.17, 15) is 4.79 Å². The van der Waals surface area contributed by atoms with Gasteiger partial charge in [-0.05, 0) is 43.6 Å². The summed E-state index contributed by atoms with van der Waals surface area (Å²) >= 11 is 1.55. The van der Waals surface area contributed by atoms with Gasteiger partial charge in [-0.3, -0.25) is 9.78 Å². The first-order chi connectivity index (χ1) is 13.8. The molecule has 3 heterocycles. The molecule has 5 nitrogen and oxygen atoms in total. The number of pyridine rings is 1. The lowest BCUT2D eigenvalue weighted by Crippen LogP contribution is -2.37. The monoisotopic (exact) mass is 392 g/mol. The van der Waals surface area contributed by atoms with E-state index in [4.69, 9.17) is 0 Å². The van der Waals surface area contributed by atoms with E-state index in [1.165, 1.54) is 12.8 Å². The third-order valence-electron chi connectivity index (χ3n) is 4.98. The first kappa shape index (κ1) is 18.8. The van der Waals surface area contributed by atoms with Crippen molar-refractivity contribution in [3.8, 4) is 10.6 Å². The van der Waals surface area contributed by atoms with Crippen molar-refractivity contribution in [2.75, 3.05) is 19.6 Å². The summed E-state index contributed by atoms with van der Waals surface area (Å²) in [7, 11) is 0. The average molecular weight is 393 g/mol. The molecule has 0 radical (unpaired) electrons. The van der Waals surface area contributed by atoms with Gasteiger partial charge in [0.05, 0.1) is 18.2 Å². The molecule has 2 aromatic heterocycles. The predicted octanol–water partition coefficient (Wildman–Crippen LogP) is 3.70. The highest BCUT2D eigenvalue weighted by molar-refractivity contribution is 7.13. The van der Waals surface area contributed by atoms with E-state index < -0.39 is 0 Å². The number of nitrogens with zero attached hydrogens (tertiary/aromatic N) is 3. The molecule has 0 spiro atoms. The second kappa shape index (κ2) is 9.08. The van der Waals surface area contributed by atoms with Crippen LogP contribution in [0, 0.1) is 0 Å². The van der Waals surface area contributed by atoms with Gasteiger partial charge in [0.1, 0.15) is 5.01 Å². The van der Waals surface area contributed by atoms with Crippen molar-refractivity contribution >= 4 is 17.2 Å². The van der Waals surface area contributed by atoms with Gasteiger partial charge < -0.3 is 10.2 Å². The number of rotatable bonds is 7. The number of benzene rings is 1. The van der Waals surface area contributed by atoms with E-state index in [1.54, 1.807) is 23.7 Å². The lowest BCUT2D eigenvalue weighted by Gasteiger charge is -2.25. The minimum Gasteiger partial charge on any atom is -0.348 e. The average Bonchev–Trinajstić information content (AvgIpc) is 3.41. The summed E-state index contributed by atoms with van der Waals surface area (Å²) in [5.41, 5.74) is 2.93. The van der Waals surface area contributed by atoms with Crippen LogP contribution in [0.4, 0.5) is 0 Å². The van der Waals surface area contributed by atoms with E-state index in [0.717, 1.165) is 41.5 Å². The molecule has 144 valence electrons. The van der Waals surface area contributed by atoms with E-state index >= 15 is 0 Å². The smallest absolute Gasteiger partial charge is 0.226 e. The normalized spacial score (nSPS) is 15.4. The molecule has 1 N–H and O–H groups in total. The third kappa shape index (κ3) is 4.82. The first-order valence-electron chi connectivity index (χ1n) is 9.69. The fourth-order valence-electron chi connectivity index (χ4n) is 3.56. The van der Waals surface area contributed by atoms with Crippen LogP contribution < -0.4 is 5.32 Å². The molecule has 28 heavy (non-hydrogen) atoms. The maximum atomic E-state index is 12.7. The summed E-state index contributed by atoms with van der Waals surface area (Å²) in [5.74, 6) is 0.0103. The second-order valence-corrected chi connectivity index (χ2v) is 7.96.